The number of hydrogen-bond donors (Lipinski definition) is 0. The van der Waals surface area contributed by atoms with Crippen LogP contribution in [0, 0.1) is 0 Å². The third-order valence-corrected chi connectivity index (χ3v) is 6.42. The second-order valence-electron chi connectivity index (χ2n) is 6.49. The average Bonchev–Trinajstić information content (AvgIpc) is 3.06. The first-order valence-electron chi connectivity index (χ1n) is 8.53. The fourth-order valence-electron chi connectivity index (χ4n) is 3.15. The SMILES string of the molecule is O=C1CC(=O)N([C@H]2C[C@@H]3OP(=O)(OCc4ccccc4Cl)OC[C@H]3O2)C=C1F. The number of ether oxygens (including phenoxy) is 1. The number of nitrogens with zero attached hydrogens (tertiary/aromatic N) is 1. The third-order valence-electron chi connectivity index (χ3n) is 4.61. The van der Waals surface area contributed by atoms with Crippen LogP contribution in [0.3, 0.4) is 0 Å². The Morgan fingerprint density at radius 1 is 1.29 bits per heavy atom. The highest BCUT2D eigenvalue weighted by atomic mass is 35.5. The molecule has 3 aliphatic rings. The molecule has 150 valence electrons. The van der Waals surface area contributed by atoms with E-state index in [1.165, 1.54) is 0 Å². The van der Waals surface area contributed by atoms with Gasteiger partial charge in [-0.1, -0.05) is 29.8 Å². The van der Waals surface area contributed by atoms with Gasteiger partial charge in [-0.25, -0.2) is 8.96 Å². The van der Waals surface area contributed by atoms with E-state index in [4.69, 9.17) is 29.9 Å². The van der Waals surface area contributed by atoms with Crippen molar-refractivity contribution in [3.8, 4) is 0 Å². The highest BCUT2D eigenvalue weighted by molar-refractivity contribution is 7.48. The molecule has 3 heterocycles. The van der Waals surface area contributed by atoms with Crippen LogP contribution in [0.5, 0.6) is 0 Å². The van der Waals surface area contributed by atoms with Crippen LogP contribution in [0.15, 0.2) is 36.3 Å². The van der Waals surface area contributed by atoms with Crippen molar-refractivity contribution < 1.29 is 36.9 Å². The molecule has 8 nitrogen and oxygen atoms in total. The maximum atomic E-state index is 13.6. The zero-order valence-corrected chi connectivity index (χ0v) is 16.1. The number of halogens is 2. The maximum absolute atomic E-state index is 13.6. The van der Waals surface area contributed by atoms with Crippen LogP contribution in [0.2, 0.25) is 5.02 Å². The van der Waals surface area contributed by atoms with Gasteiger partial charge in [0.2, 0.25) is 11.7 Å². The van der Waals surface area contributed by atoms with Crippen molar-refractivity contribution in [3.63, 3.8) is 0 Å². The number of ketones is 1. The smallest absolute Gasteiger partial charge is 0.349 e. The molecular formula is C17H16ClFNO7P. The molecule has 11 heteroatoms. The number of carbonyl (C=O) groups is 2. The molecule has 2 fully saturated rings. The lowest BCUT2D eigenvalue weighted by Gasteiger charge is -2.30. The largest absolute Gasteiger partial charge is 0.475 e. The van der Waals surface area contributed by atoms with E-state index in [-0.39, 0.29) is 19.6 Å². The first-order valence-corrected chi connectivity index (χ1v) is 10.4. The number of carbonyl (C=O) groups excluding carboxylic acids is 2. The van der Waals surface area contributed by atoms with Gasteiger partial charge in [0.05, 0.1) is 19.6 Å². The number of phosphoric acid groups is 1. The maximum Gasteiger partial charge on any atom is 0.475 e. The van der Waals surface area contributed by atoms with Gasteiger partial charge in [-0.3, -0.25) is 28.1 Å². The Labute approximate surface area is 164 Å². The molecule has 0 saturated carbocycles. The molecule has 1 aromatic carbocycles. The summed E-state index contributed by atoms with van der Waals surface area (Å²) in [7, 11) is -3.86. The van der Waals surface area contributed by atoms with E-state index in [1.54, 1.807) is 24.3 Å². The molecule has 0 aliphatic carbocycles. The Balaban J connectivity index is 1.40. The fraction of sp³-hybridized carbons (Fsp3) is 0.412. The molecule has 0 N–H and O–H groups in total. The Morgan fingerprint density at radius 3 is 2.86 bits per heavy atom. The summed E-state index contributed by atoms with van der Waals surface area (Å²) in [5, 5.41) is 0.459. The summed E-state index contributed by atoms with van der Waals surface area (Å²) in [6.07, 6.45) is -1.72. The highest BCUT2D eigenvalue weighted by Crippen LogP contribution is 2.56. The van der Waals surface area contributed by atoms with Crippen LogP contribution >= 0.6 is 19.4 Å². The van der Waals surface area contributed by atoms with Crippen LogP contribution in [-0.2, 0) is 39.1 Å². The van der Waals surface area contributed by atoms with Crippen LogP contribution in [0.25, 0.3) is 0 Å². The van der Waals surface area contributed by atoms with E-state index in [0.29, 0.717) is 10.6 Å². The minimum Gasteiger partial charge on any atom is -0.349 e. The number of fused-ring (bicyclic) bond motifs is 1. The number of amides is 1. The van der Waals surface area contributed by atoms with Gasteiger partial charge < -0.3 is 4.74 Å². The van der Waals surface area contributed by atoms with Gasteiger partial charge in [0.15, 0.2) is 5.83 Å². The van der Waals surface area contributed by atoms with Gasteiger partial charge in [0.25, 0.3) is 0 Å². The van der Waals surface area contributed by atoms with Crippen LogP contribution in [0.1, 0.15) is 18.4 Å². The van der Waals surface area contributed by atoms with E-state index in [1.807, 2.05) is 0 Å². The average molecular weight is 432 g/mol. The Hall–Kier alpha value is -1.61. The van der Waals surface area contributed by atoms with Gasteiger partial charge in [0, 0.05) is 17.6 Å². The molecule has 1 aromatic rings. The van der Waals surface area contributed by atoms with Crippen molar-refractivity contribution >= 4 is 31.1 Å². The lowest BCUT2D eigenvalue weighted by molar-refractivity contribution is -0.146. The molecule has 0 bridgehead atoms. The van der Waals surface area contributed by atoms with Gasteiger partial charge in [0.1, 0.15) is 18.4 Å². The molecule has 4 rings (SSSR count). The van der Waals surface area contributed by atoms with Crippen LogP contribution < -0.4 is 0 Å². The number of Topliss-reactive ketones (excluding diaryl/α,β-unsaturated/α-hetero) is 1. The number of phosphoric ester groups is 1. The molecule has 0 spiro atoms. The minimum atomic E-state index is -3.86. The predicted octanol–water partition coefficient (Wildman–Crippen LogP) is 3.11. The van der Waals surface area contributed by atoms with Crippen LogP contribution in [0.4, 0.5) is 4.39 Å². The van der Waals surface area contributed by atoms with Crippen molar-refractivity contribution in [1.29, 1.82) is 0 Å². The van der Waals surface area contributed by atoms with E-state index in [9.17, 15) is 18.5 Å². The normalized spacial score (nSPS) is 33.0. The van der Waals surface area contributed by atoms with Crippen molar-refractivity contribution in [3.05, 3.63) is 46.9 Å². The summed E-state index contributed by atoms with van der Waals surface area (Å²) in [5.41, 5.74) is 0.624. The lowest BCUT2D eigenvalue weighted by atomic mass is 10.1. The lowest BCUT2D eigenvalue weighted by Crippen LogP contribution is -2.40. The quantitative estimate of drug-likeness (QED) is 0.534. The van der Waals surface area contributed by atoms with Crippen molar-refractivity contribution in [2.75, 3.05) is 6.61 Å². The Bertz CT molecular complexity index is 894. The van der Waals surface area contributed by atoms with Crippen LogP contribution in [-0.4, -0.2) is 41.6 Å². The first-order chi connectivity index (χ1) is 13.3. The summed E-state index contributed by atoms with van der Waals surface area (Å²) in [5.74, 6) is -2.45. The minimum absolute atomic E-state index is 0.0701. The second-order valence-corrected chi connectivity index (χ2v) is 8.52. The summed E-state index contributed by atoms with van der Waals surface area (Å²) in [4.78, 5) is 24.3. The highest BCUT2D eigenvalue weighted by Gasteiger charge is 2.49. The number of hydrogen-bond acceptors (Lipinski definition) is 7. The molecule has 3 aliphatic heterocycles. The Morgan fingerprint density at radius 2 is 2.07 bits per heavy atom. The standard InChI is InChI=1S/C17H16ClFNO7P/c18-11-4-2-1-3-10(11)8-24-28(23)25-9-15-14(27-28)6-17(26-15)20-7-12(19)13(21)5-16(20)22/h1-4,7,14-15,17H,5-6,8-9H2/t14-,15+,17+,28?/m0/s1. The van der Waals surface area contributed by atoms with Gasteiger partial charge >= 0.3 is 7.82 Å². The molecule has 4 atom stereocenters. The molecule has 1 unspecified atom stereocenters. The van der Waals surface area contributed by atoms with E-state index in [0.717, 1.165) is 11.1 Å². The summed E-state index contributed by atoms with van der Waals surface area (Å²) in [6.45, 7) is -0.145. The zero-order valence-electron chi connectivity index (χ0n) is 14.5. The molecule has 0 radical (unpaired) electrons. The van der Waals surface area contributed by atoms with Gasteiger partial charge in [-0.2, -0.15) is 0 Å². The van der Waals surface area contributed by atoms with E-state index in [2.05, 4.69) is 0 Å². The van der Waals surface area contributed by atoms with Crippen molar-refractivity contribution in [2.45, 2.75) is 37.9 Å². The molecule has 0 aromatic heterocycles. The zero-order chi connectivity index (χ0) is 19.9. The second kappa shape index (κ2) is 7.67. The van der Waals surface area contributed by atoms with Crippen molar-refractivity contribution in [2.24, 2.45) is 0 Å². The Kier molecular flexibility index (Phi) is 5.39. The molecule has 1 amide bonds. The first kappa shape index (κ1) is 19.7. The number of allylic oxidation sites excluding steroid dienone is 1. The van der Waals surface area contributed by atoms with E-state index >= 15 is 0 Å². The van der Waals surface area contributed by atoms with E-state index < -0.39 is 50.2 Å². The fourth-order valence-corrected chi connectivity index (χ4v) is 4.71. The topological polar surface area (TPSA) is 91.4 Å². The molecule has 2 saturated heterocycles. The summed E-state index contributed by atoms with van der Waals surface area (Å²) >= 11 is 6.05. The molecule has 28 heavy (non-hydrogen) atoms. The molecular weight excluding hydrogens is 416 g/mol. The monoisotopic (exact) mass is 431 g/mol. The summed E-state index contributed by atoms with van der Waals surface area (Å²) < 4.78 is 48.1. The third kappa shape index (κ3) is 3.91. The van der Waals surface area contributed by atoms with Crippen molar-refractivity contribution in [1.82, 2.24) is 4.90 Å². The number of benzene rings is 1. The van der Waals surface area contributed by atoms with Gasteiger partial charge in [-0.05, 0) is 11.6 Å². The number of rotatable bonds is 4. The summed E-state index contributed by atoms with van der Waals surface area (Å²) in [6, 6.07) is 6.92. The van der Waals surface area contributed by atoms with Gasteiger partial charge in [-0.15, -0.1) is 0 Å². The predicted molar refractivity (Wildman–Crippen MR) is 93.6 cm³/mol.